The zero-order valence-electron chi connectivity index (χ0n) is 27.7. The van der Waals surface area contributed by atoms with Crippen molar-refractivity contribution >= 4 is 23.4 Å². The highest BCUT2D eigenvalue weighted by Gasteiger charge is 2.30. The number of benzene rings is 3. The van der Waals surface area contributed by atoms with E-state index in [9.17, 15) is 14.4 Å². The van der Waals surface area contributed by atoms with Gasteiger partial charge in [-0.3, -0.25) is 14.4 Å². The van der Waals surface area contributed by atoms with Crippen LogP contribution >= 0.6 is 0 Å². The van der Waals surface area contributed by atoms with Gasteiger partial charge < -0.3 is 15.1 Å². The molecular formula is C38H45N5O3. The van der Waals surface area contributed by atoms with Gasteiger partial charge >= 0.3 is 0 Å². The third-order valence-electron chi connectivity index (χ3n) is 8.72. The van der Waals surface area contributed by atoms with Gasteiger partial charge in [-0.1, -0.05) is 69.2 Å². The molecule has 0 saturated heterocycles. The van der Waals surface area contributed by atoms with E-state index >= 15 is 0 Å². The quantitative estimate of drug-likeness (QED) is 0.189. The summed E-state index contributed by atoms with van der Waals surface area (Å²) in [7, 11) is 0. The molecule has 1 aromatic heterocycles. The lowest BCUT2D eigenvalue weighted by Crippen LogP contribution is -2.43. The van der Waals surface area contributed by atoms with Crippen molar-refractivity contribution < 1.29 is 14.4 Å². The average molecular weight is 620 g/mol. The molecule has 3 amide bonds. The van der Waals surface area contributed by atoms with E-state index in [4.69, 9.17) is 5.10 Å². The fourth-order valence-corrected chi connectivity index (χ4v) is 6.12. The van der Waals surface area contributed by atoms with E-state index < -0.39 is 0 Å². The summed E-state index contributed by atoms with van der Waals surface area (Å²) >= 11 is 0. The van der Waals surface area contributed by atoms with Crippen molar-refractivity contribution in [2.45, 2.75) is 79.3 Å². The molecule has 1 aliphatic rings. The average Bonchev–Trinajstić information content (AvgIpc) is 3.44. The second-order valence-electron chi connectivity index (χ2n) is 12.3. The lowest BCUT2D eigenvalue weighted by Gasteiger charge is -2.35. The van der Waals surface area contributed by atoms with Crippen molar-refractivity contribution in [2.24, 2.45) is 0 Å². The molecule has 0 fully saturated rings. The van der Waals surface area contributed by atoms with E-state index in [-0.39, 0.29) is 23.8 Å². The van der Waals surface area contributed by atoms with E-state index in [0.717, 1.165) is 54.5 Å². The maximum atomic E-state index is 14.5. The van der Waals surface area contributed by atoms with Gasteiger partial charge in [0.2, 0.25) is 5.91 Å². The van der Waals surface area contributed by atoms with Crippen LogP contribution in [0.25, 0.3) is 16.8 Å². The lowest BCUT2D eigenvalue weighted by atomic mass is 9.93. The number of anilines is 1. The maximum Gasteiger partial charge on any atom is 0.274 e. The Morgan fingerprint density at radius 3 is 2.20 bits per heavy atom. The number of aryl methyl sites for hydroxylation is 1. The molecule has 8 nitrogen and oxygen atoms in total. The number of carbonyl (C=O) groups is 3. The molecule has 1 aliphatic heterocycles. The van der Waals surface area contributed by atoms with Gasteiger partial charge in [0.1, 0.15) is 0 Å². The molecule has 0 spiro atoms. The van der Waals surface area contributed by atoms with Crippen molar-refractivity contribution in [1.82, 2.24) is 19.6 Å². The van der Waals surface area contributed by atoms with E-state index in [0.29, 0.717) is 42.3 Å². The van der Waals surface area contributed by atoms with Gasteiger partial charge in [0.05, 0.1) is 11.3 Å². The number of rotatable bonds is 11. The van der Waals surface area contributed by atoms with Crippen LogP contribution in [-0.4, -0.2) is 56.4 Å². The topological polar surface area (TPSA) is 87.5 Å². The first-order chi connectivity index (χ1) is 22.2. The van der Waals surface area contributed by atoms with Gasteiger partial charge in [-0.25, -0.2) is 4.68 Å². The highest BCUT2D eigenvalue weighted by Crippen LogP contribution is 2.31. The molecule has 1 N–H and O–H groups in total. The highest BCUT2D eigenvalue weighted by molar-refractivity contribution is 6.00. The van der Waals surface area contributed by atoms with Gasteiger partial charge in [-0.15, -0.1) is 0 Å². The summed E-state index contributed by atoms with van der Waals surface area (Å²) in [6, 6.07) is 23.5. The fraction of sp³-hybridized carbons (Fsp3) is 0.368. The molecule has 1 atom stereocenters. The fourth-order valence-electron chi connectivity index (χ4n) is 6.12. The molecule has 5 rings (SSSR count). The van der Waals surface area contributed by atoms with Gasteiger partial charge in [0.15, 0.2) is 5.69 Å². The van der Waals surface area contributed by atoms with Crippen LogP contribution in [0.3, 0.4) is 0 Å². The van der Waals surface area contributed by atoms with Crippen molar-refractivity contribution in [3.05, 3.63) is 101 Å². The Balaban J connectivity index is 1.55. The molecule has 0 saturated carbocycles. The smallest absolute Gasteiger partial charge is 0.274 e. The summed E-state index contributed by atoms with van der Waals surface area (Å²) in [5.74, 6) is -0.286. The predicted octanol–water partition coefficient (Wildman–Crippen LogP) is 7.44. The first-order valence-corrected chi connectivity index (χ1v) is 16.5. The standard InChI is InChI=1S/C38H45N5O3/c1-6-8-20-41(21-9-7-2)38(46)35-23-27(4)43(40-35)36-19-16-31(29-14-17-33(18-15-29)39-28(5)44)24-34(36)37(45)42-25-32-13-11-10-12-30(32)22-26(42)3/h10-19,23-24,26H,6-9,20-22,25H2,1-5H3,(H,39,44)/t26-/m1/s1. The second kappa shape index (κ2) is 14.6. The maximum absolute atomic E-state index is 14.5. The Kier molecular flexibility index (Phi) is 10.4. The molecule has 46 heavy (non-hydrogen) atoms. The van der Waals surface area contributed by atoms with Gasteiger partial charge in [-0.05, 0) is 85.7 Å². The number of carbonyl (C=O) groups excluding carboxylic acids is 3. The molecule has 4 aromatic rings. The summed E-state index contributed by atoms with van der Waals surface area (Å²) in [4.78, 5) is 43.6. The van der Waals surface area contributed by atoms with Gasteiger partial charge in [0, 0.05) is 44.0 Å². The van der Waals surface area contributed by atoms with Crippen LogP contribution in [-0.2, 0) is 17.8 Å². The zero-order valence-corrected chi connectivity index (χ0v) is 27.7. The Hall–Kier alpha value is -4.72. The molecular weight excluding hydrogens is 574 g/mol. The summed E-state index contributed by atoms with van der Waals surface area (Å²) < 4.78 is 1.74. The number of unbranched alkanes of at least 4 members (excludes halogenated alkanes) is 2. The molecule has 0 unspecified atom stereocenters. The third-order valence-corrected chi connectivity index (χ3v) is 8.72. The van der Waals surface area contributed by atoms with Crippen LogP contribution in [0, 0.1) is 6.92 Å². The Morgan fingerprint density at radius 2 is 1.54 bits per heavy atom. The number of aromatic nitrogens is 2. The summed E-state index contributed by atoms with van der Waals surface area (Å²) in [6.07, 6.45) is 4.69. The minimum Gasteiger partial charge on any atom is -0.337 e. The number of hydrogen-bond acceptors (Lipinski definition) is 4. The second-order valence-corrected chi connectivity index (χ2v) is 12.3. The lowest BCUT2D eigenvalue weighted by molar-refractivity contribution is -0.114. The first kappa shape index (κ1) is 32.7. The van der Waals surface area contributed by atoms with Crippen molar-refractivity contribution in [2.75, 3.05) is 18.4 Å². The molecule has 240 valence electrons. The van der Waals surface area contributed by atoms with Gasteiger partial charge in [0.25, 0.3) is 11.8 Å². The molecule has 2 heterocycles. The van der Waals surface area contributed by atoms with Crippen molar-refractivity contribution in [3.63, 3.8) is 0 Å². The minimum atomic E-state index is -0.131. The number of nitrogens with zero attached hydrogens (tertiary/aromatic N) is 4. The van der Waals surface area contributed by atoms with E-state index in [1.807, 2.05) is 77.4 Å². The molecule has 0 radical (unpaired) electrons. The van der Waals surface area contributed by atoms with Crippen molar-refractivity contribution in [3.8, 4) is 16.8 Å². The van der Waals surface area contributed by atoms with Crippen LogP contribution in [0.5, 0.6) is 0 Å². The third kappa shape index (κ3) is 7.22. The summed E-state index contributed by atoms with van der Waals surface area (Å²) in [6.45, 7) is 11.7. The number of nitrogens with one attached hydrogen (secondary N) is 1. The van der Waals surface area contributed by atoms with Crippen LogP contribution < -0.4 is 5.32 Å². The van der Waals surface area contributed by atoms with E-state index in [1.54, 1.807) is 4.68 Å². The van der Waals surface area contributed by atoms with Crippen LogP contribution in [0.1, 0.15) is 91.0 Å². The molecule has 8 heteroatoms. The Labute approximate surface area is 272 Å². The van der Waals surface area contributed by atoms with Crippen LogP contribution in [0.4, 0.5) is 5.69 Å². The van der Waals surface area contributed by atoms with Gasteiger partial charge in [-0.2, -0.15) is 5.10 Å². The summed E-state index contributed by atoms with van der Waals surface area (Å²) in [5, 5.41) is 7.62. The largest absolute Gasteiger partial charge is 0.337 e. The predicted molar refractivity (Wildman–Crippen MR) is 183 cm³/mol. The Morgan fingerprint density at radius 1 is 0.891 bits per heavy atom. The van der Waals surface area contributed by atoms with Crippen LogP contribution in [0.2, 0.25) is 0 Å². The number of amides is 3. The monoisotopic (exact) mass is 619 g/mol. The van der Waals surface area contributed by atoms with Crippen LogP contribution in [0.15, 0.2) is 72.8 Å². The number of fused-ring (bicyclic) bond motifs is 1. The van der Waals surface area contributed by atoms with E-state index in [1.165, 1.54) is 12.5 Å². The Bertz CT molecular complexity index is 1700. The minimum absolute atomic E-state index is 0.0115. The molecule has 0 aliphatic carbocycles. The van der Waals surface area contributed by atoms with Crippen molar-refractivity contribution in [1.29, 1.82) is 0 Å². The molecule has 3 aromatic carbocycles. The highest BCUT2D eigenvalue weighted by atomic mass is 16.2. The SMILES string of the molecule is CCCCN(CCCC)C(=O)c1cc(C)n(-c2ccc(-c3ccc(NC(C)=O)cc3)cc2C(=O)N2Cc3ccccc3C[C@H]2C)n1. The zero-order chi connectivity index (χ0) is 32.8. The molecule has 0 bridgehead atoms. The van der Waals surface area contributed by atoms with E-state index in [2.05, 4.69) is 38.2 Å². The normalized spacial score (nSPS) is 14.1. The summed E-state index contributed by atoms with van der Waals surface area (Å²) in [5.41, 5.74) is 7.26. The number of hydrogen-bond donors (Lipinski definition) is 1. The first-order valence-electron chi connectivity index (χ1n) is 16.5.